The van der Waals surface area contributed by atoms with Gasteiger partial charge in [-0.15, -0.1) is 0 Å². The largest absolute Gasteiger partial charge is 0.484 e. The van der Waals surface area contributed by atoms with Gasteiger partial charge in [-0.3, -0.25) is 9.59 Å². The third kappa shape index (κ3) is 7.39. The summed E-state index contributed by atoms with van der Waals surface area (Å²) >= 11 is 11.8. The summed E-state index contributed by atoms with van der Waals surface area (Å²) in [5.41, 5.74) is -0.891. The molecule has 3 rings (SSSR count). The van der Waals surface area contributed by atoms with Crippen molar-refractivity contribution in [1.29, 1.82) is 0 Å². The maximum absolute atomic E-state index is 13.1. The van der Waals surface area contributed by atoms with E-state index in [1.54, 1.807) is 12.1 Å². The first-order chi connectivity index (χ1) is 16.1. The van der Waals surface area contributed by atoms with Gasteiger partial charge < -0.3 is 20.1 Å². The molecule has 0 unspecified atom stereocenters. The monoisotopic (exact) mass is 519 g/mol. The molecule has 0 saturated heterocycles. The van der Waals surface area contributed by atoms with E-state index in [0.29, 0.717) is 23.6 Å². The highest BCUT2D eigenvalue weighted by molar-refractivity contribution is 6.42. The van der Waals surface area contributed by atoms with E-state index in [9.17, 15) is 22.8 Å². The van der Waals surface area contributed by atoms with Crippen molar-refractivity contribution >= 4 is 40.7 Å². The fraction of sp³-hybridized carbons (Fsp3) is 0.409. The van der Waals surface area contributed by atoms with Gasteiger partial charge in [0.05, 0.1) is 21.9 Å². The Bertz CT molecular complexity index is 1010. The van der Waals surface area contributed by atoms with Crippen LogP contribution in [-0.2, 0) is 9.59 Å². The van der Waals surface area contributed by atoms with Crippen LogP contribution in [0.3, 0.4) is 0 Å². The van der Waals surface area contributed by atoms with Crippen LogP contribution in [0.1, 0.15) is 32.1 Å². The molecule has 0 spiro atoms. The minimum Gasteiger partial charge on any atom is -0.484 e. The Hall–Kier alpha value is -2.72. The van der Waals surface area contributed by atoms with Crippen molar-refractivity contribution in [3.05, 3.63) is 46.6 Å². The molecule has 1 aromatic heterocycles. The second-order valence-electron chi connectivity index (χ2n) is 7.80. The van der Waals surface area contributed by atoms with Crippen molar-refractivity contribution in [1.82, 2.24) is 10.3 Å². The van der Waals surface area contributed by atoms with Gasteiger partial charge in [-0.2, -0.15) is 13.2 Å². The van der Waals surface area contributed by atoms with Crippen LogP contribution in [0.25, 0.3) is 0 Å². The first-order valence-electron chi connectivity index (χ1n) is 10.4. The average Bonchev–Trinajstić information content (AvgIpc) is 2.79. The number of aromatic nitrogens is 1. The van der Waals surface area contributed by atoms with Crippen LogP contribution in [0.15, 0.2) is 36.5 Å². The molecular weight excluding hydrogens is 498 g/mol. The van der Waals surface area contributed by atoms with Crippen molar-refractivity contribution in [2.45, 2.75) is 43.8 Å². The summed E-state index contributed by atoms with van der Waals surface area (Å²) < 4.78 is 46.8. The maximum atomic E-state index is 13.1. The van der Waals surface area contributed by atoms with E-state index >= 15 is 0 Å². The minimum atomic E-state index is -4.48. The Morgan fingerprint density at radius 2 is 1.76 bits per heavy atom. The number of alkyl halides is 3. The predicted molar refractivity (Wildman–Crippen MR) is 120 cm³/mol. The van der Waals surface area contributed by atoms with Crippen LogP contribution in [0.5, 0.6) is 11.6 Å². The number of pyridine rings is 1. The van der Waals surface area contributed by atoms with Crippen molar-refractivity contribution < 1.29 is 32.2 Å². The number of hydrogen-bond donors (Lipinski definition) is 2. The summed E-state index contributed by atoms with van der Waals surface area (Å²) in [5.74, 6) is -0.806. The van der Waals surface area contributed by atoms with Gasteiger partial charge in [0.25, 0.3) is 5.91 Å². The van der Waals surface area contributed by atoms with Gasteiger partial charge in [0.2, 0.25) is 11.8 Å². The zero-order valence-electron chi connectivity index (χ0n) is 17.9. The lowest BCUT2D eigenvalue weighted by molar-refractivity contribution is -0.154. The van der Waals surface area contributed by atoms with Crippen molar-refractivity contribution in [2.24, 2.45) is 0 Å². The van der Waals surface area contributed by atoms with Gasteiger partial charge in [-0.25, -0.2) is 4.98 Å². The lowest BCUT2D eigenvalue weighted by Crippen LogP contribution is -2.58. The van der Waals surface area contributed by atoms with Gasteiger partial charge in [0.1, 0.15) is 11.3 Å². The first-order valence-corrected chi connectivity index (χ1v) is 11.2. The number of rotatable bonds is 8. The zero-order chi connectivity index (χ0) is 24.8. The van der Waals surface area contributed by atoms with Crippen molar-refractivity contribution in [2.75, 3.05) is 18.5 Å². The van der Waals surface area contributed by atoms with E-state index in [0.717, 1.165) is 19.3 Å². The molecule has 1 aliphatic carbocycles. The molecule has 1 heterocycles. The van der Waals surface area contributed by atoms with Gasteiger partial charge in [0, 0.05) is 12.1 Å². The third-order valence-electron chi connectivity index (χ3n) is 5.16. The van der Waals surface area contributed by atoms with Crippen LogP contribution in [0.2, 0.25) is 10.0 Å². The number of carbonyl (C=O) groups is 2. The highest BCUT2D eigenvalue weighted by Gasteiger charge is 2.41. The summed E-state index contributed by atoms with van der Waals surface area (Å²) in [6.07, 6.45) is -0.0285. The van der Waals surface area contributed by atoms with Crippen LogP contribution in [0.4, 0.5) is 18.9 Å². The van der Waals surface area contributed by atoms with E-state index in [2.05, 4.69) is 20.4 Å². The molecule has 0 radical (unpaired) electrons. The third-order valence-corrected chi connectivity index (χ3v) is 5.90. The molecule has 2 amide bonds. The SMILES string of the molecule is O=C(COc1ccc(Cl)c(Cl)c1)NC1(C(=O)Nc2ccc(OCC(F)(F)F)nc2)CCCCC1. The number of ether oxygens (including phenoxy) is 2. The van der Waals surface area contributed by atoms with Crippen LogP contribution in [-0.4, -0.2) is 41.7 Å². The Morgan fingerprint density at radius 1 is 1.03 bits per heavy atom. The van der Waals surface area contributed by atoms with Crippen molar-refractivity contribution in [3.63, 3.8) is 0 Å². The molecule has 1 fully saturated rings. The summed E-state index contributed by atoms with van der Waals surface area (Å²) in [5, 5.41) is 6.11. The number of anilines is 1. The number of amides is 2. The number of benzene rings is 1. The summed E-state index contributed by atoms with van der Waals surface area (Å²) in [4.78, 5) is 29.5. The molecular formula is C22H22Cl2F3N3O4. The number of nitrogens with zero attached hydrogens (tertiary/aromatic N) is 1. The number of halogens is 5. The molecule has 1 aliphatic rings. The predicted octanol–water partition coefficient (Wildman–Crippen LogP) is 5.17. The standard InChI is InChI=1S/C22H22Cl2F3N3O4/c23-16-6-5-15(10-17(16)24)33-12-18(31)30-21(8-2-1-3-9-21)20(32)29-14-4-7-19(28-11-14)34-13-22(25,26)27/h4-7,10-11H,1-3,8-9,12-13H2,(H,29,32)(H,30,31). The van der Waals surface area contributed by atoms with Crippen LogP contribution < -0.4 is 20.1 Å². The van der Waals surface area contributed by atoms with Gasteiger partial charge in [-0.1, -0.05) is 42.5 Å². The lowest BCUT2D eigenvalue weighted by Gasteiger charge is -2.36. The van der Waals surface area contributed by atoms with Crippen LogP contribution in [0, 0.1) is 0 Å². The lowest BCUT2D eigenvalue weighted by atomic mass is 9.80. The quantitative estimate of drug-likeness (QED) is 0.502. The van der Waals surface area contributed by atoms with Gasteiger partial charge in [-0.05, 0) is 31.0 Å². The Labute approximate surface area is 203 Å². The first kappa shape index (κ1) is 25.9. The highest BCUT2D eigenvalue weighted by atomic mass is 35.5. The summed E-state index contributed by atoms with van der Waals surface area (Å²) in [6, 6.07) is 7.19. The fourth-order valence-corrected chi connectivity index (χ4v) is 3.82. The summed E-state index contributed by atoms with van der Waals surface area (Å²) in [7, 11) is 0. The van der Waals surface area contributed by atoms with E-state index in [1.807, 2.05) is 0 Å². The van der Waals surface area contributed by atoms with E-state index in [1.165, 1.54) is 24.4 Å². The minimum absolute atomic E-state index is 0.226. The Balaban J connectivity index is 1.61. The highest BCUT2D eigenvalue weighted by Crippen LogP contribution is 2.30. The van der Waals surface area contributed by atoms with Crippen LogP contribution >= 0.6 is 23.2 Å². The second-order valence-corrected chi connectivity index (χ2v) is 8.61. The van der Waals surface area contributed by atoms with E-state index in [4.69, 9.17) is 27.9 Å². The molecule has 2 aromatic rings. The molecule has 0 atom stereocenters. The zero-order valence-corrected chi connectivity index (χ0v) is 19.4. The molecule has 7 nitrogen and oxygen atoms in total. The molecule has 34 heavy (non-hydrogen) atoms. The number of hydrogen-bond acceptors (Lipinski definition) is 5. The average molecular weight is 520 g/mol. The smallest absolute Gasteiger partial charge is 0.422 e. The Kier molecular flexibility index (Phi) is 8.48. The molecule has 1 aromatic carbocycles. The molecule has 0 aliphatic heterocycles. The van der Waals surface area contributed by atoms with E-state index < -0.39 is 30.1 Å². The summed E-state index contributed by atoms with van der Waals surface area (Å²) in [6.45, 7) is -1.80. The Morgan fingerprint density at radius 3 is 2.38 bits per heavy atom. The second kappa shape index (κ2) is 11.1. The van der Waals surface area contributed by atoms with Gasteiger partial charge >= 0.3 is 6.18 Å². The maximum Gasteiger partial charge on any atom is 0.422 e. The normalized spacial score (nSPS) is 15.3. The number of carbonyl (C=O) groups excluding carboxylic acids is 2. The number of nitrogens with one attached hydrogen (secondary N) is 2. The molecule has 184 valence electrons. The van der Waals surface area contributed by atoms with E-state index in [-0.39, 0.29) is 23.2 Å². The molecule has 12 heteroatoms. The molecule has 0 bridgehead atoms. The molecule has 2 N–H and O–H groups in total. The molecule has 1 saturated carbocycles. The van der Waals surface area contributed by atoms with Crippen molar-refractivity contribution in [3.8, 4) is 11.6 Å². The topological polar surface area (TPSA) is 89.5 Å². The fourth-order valence-electron chi connectivity index (χ4n) is 3.53. The van der Waals surface area contributed by atoms with Gasteiger partial charge in [0.15, 0.2) is 13.2 Å².